The normalized spacial score (nSPS) is 21.4. The van der Waals surface area contributed by atoms with Crippen LogP contribution in [0.1, 0.15) is 18.5 Å². The van der Waals surface area contributed by atoms with Crippen molar-refractivity contribution in [2.75, 3.05) is 31.1 Å². The number of hydrogen-bond donors (Lipinski definition) is 5. The molecule has 19 heteroatoms. The fourth-order valence-electron chi connectivity index (χ4n) is 5.65. The van der Waals surface area contributed by atoms with Gasteiger partial charge < -0.3 is 25.8 Å². The zero-order valence-electron chi connectivity index (χ0n) is 25.5. The number of imide groups is 1. The number of benzene rings is 2. The summed E-state index contributed by atoms with van der Waals surface area (Å²) < 4.78 is 1.59. The molecule has 2 aromatic carbocycles. The number of piperazine rings is 1. The van der Waals surface area contributed by atoms with Crippen molar-refractivity contribution in [2.45, 2.75) is 28.3 Å². The Morgan fingerprint density at radius 1 is 1.12 bits per heavy atom. The lowest BCUT2D eigenvalue weighted by atomic mass is 9.94. The lowest BCUT2D eigenvalue weighted by Gasteiger charge is -2.56. The summed E-state index contributed by atoms with van der Waals surface area (Å²) in [5.41, 5.74) is 0.890. The quantitative estimate of drug-likeness (QED) is 0.0667. The Kier molecular flexibility index (Phi) is 9.88. The van der Waals surface area contributed by atoms with Crippen molar-refractivity contribution in [3.05, 3.63) is 70.4 Å². The maximum Gasteiger partial charge on any atom is 0.352 e. The number of rotatable bonds is 10. The van der Waals surface area contributed by atoms with Crippen LogP contribution in [0.25, 0.3) is 10.2 Å². The molecule has 0 saturated carbocycles. The Hall–Kier alpha value is -4.20. The van der Waals surface area contributed by atoms with Crippen molar-refractivity contribution >= 4 is 92.3 Å². The smallest absolute Gasteiger partial charge is 0.352 e. The Morgan fingerprint density at radius 2 is 1.88 bits per heavy atom. The molecule has 0 bridgehead atoms. The van der Waals surface area contributed by atoms with Gasteiger partial charge in [-0.15, -0.1) is 23.1 Å². The highest BCUT2D eigenvalue weighted by atomic mass is 35.5. The predicted molar refractivity (Wildman–Crippen MR) is 181 cm³/mol. The third-order valence-electron chi connectivity index (χ3n) is 8.15. The maximum absolute atomic E-state index is 13.8. The van der Waals surface area contributed by atoms with Crippen LogP contribution < -0.4 is 16.1 Å². The van der Waals surface area contributed by atoms with Crippen LogP contribution in [0.3, 0.4) is 0 Å². The Morgan fingerprint density at radius 3 is 2.57 bits per heavy atom. The number of nitrogens with one attached hydrogen (secondary N) is 3. The zero-order valence-corrected chi connectivity index (χ0v) is 28.7. The molecule has 15 nitrogen and oxygen atoms in total. The molecule has 0 spiro atoms. The van der Waals surface area contributed by atoms with Gasteiger partial charge in [0.25, 0.3) is 5.91 Å². The highest BCUT2D eigenvalue weighted by Crippen LogP contribution is 2.46. The number of carboxylic acid groups (broad SMARTS) is 1. The van der Waals surface area contributed by atoms with E-state index in [0.29, 0.717) is 25.4 Å². The van der Waals surface area contributed by atoms with Crippen LogP contribution >= 0.6 is 46.5 Å². The van der Waals surface area contributed by atoms with E-state index in [0.717, 1.165) is 21.4 Å². The molecule has 0 radical (unpaired) electrons. The summed E-state index contributed by atoms with van der Waals surface area (Å²) in [6, 6.07) is 10.8. The maximum atomic E-state index is 13.8. The van der Waals surface area contributed by atoms with Crippen LogP contribution in [0.15, 0.2) is 64.1 Å². The van der Waals surface area contributed by atoms with Crippen LogP contribution in [0, 0.1) is 0 Å². The van der Waals surface area contributed by atoms with Crippen molar-refractivity contribution < 1.29 is 39.1 Å². The number of fused-ring (bicyclic) bond motifs is 2. The molecule has 1 unspecified atom stereocenters. The number of carbonyl (C=O) groups excluding carboxylic acids is 5. The second-order valence-electron chi connectivity index (χ2n) is 11.0. The van der Waals surface area contributed by atoms with Gasteiger partial charge in [0.15, 0.2) is 4.34 Å². The summed E-state index contributed by atoms with van der Waals surface area (Å²) in [7, 11) is 0. The molecule has 6 rings (SSSR count). The molecule has 0 aliphatic carbocycles. The first kappa shape index (κ1) is 34.7. The second-order valence-corrected chi connectivity index (χ2v) is 14.8. The monoisotopic (exact) mass is 745 g/mol. The highest BCUT2D eigenvalue weighted by Gasteiger charge is 2.66. The molecule has 4 heterocycles. The minimum Gasteiger partial charge on any atom is -0.477 e. The molecule has 1 aromatic heterocycles. The molecule has 6 amide bonds. The second kappa shape index (κ2) is 14.0. The summed E-state index contributed by atoms with van der Waals surface area (Å²) in [5.74, 6) is -4.79. The SMILES string of the molecule is CCN1CCN(C(=O)NC(C(=O)N[C@]2(NO)C(=O)N3C(C(=O)O)=C(CSc4nc5cc(Cl)ccc5s4)CS[C@H]32)c2ccccc2)C(=O)C1=O. The first-order chi connectivity index (χ1) is 23.5. The number of carboxylic acids is 1. The van der Waals surface area contributed by atoms with Crippen molar-refractivity contribution in [3.8, 4) is 0 Å². The van der Waals surface area contributed by atoms with Crippen LogP contribution in [0.5, 0.6) is 0 Å². The van der Waals surface area contributed by atoms with Gasteiger partial charge in [0.05, 0.1) is 10.2 Å². The number of thiazole rings is 1. The van der Waals surface area contributed by atoms with Gasteiger partial charge in [0, 0.05) is 36.2 Å². The number of nitrogens with zero attached hydrogens (tertiary/aromatic N) is 4. The lowest BCUT2D eigenvalue weighted by molar-refractivity contribution is -0.171. The van der Waals surface area contributed by atoms with E-state index in [1.54, 1.807) is 37.3 Å². The van der Waals surface area contributed by atoms with Crippen molar-refractivity contribution in [3.63, 3.8) is 0 Å². The highest BCUT2D eigenvalue weighted by molar-refractivity contribution is 8.02. The summed E-state index contributed by atoms with van der Waals surface area (Å²) in [4.78, 5) is 85.9. The number of β-lactam (4-membered cyclic amide) rings is 1. The van der Waals surface area contributed by atoms with Gasteiger partial charge in [-0.3, -0.25) is 29.0 Å². The predicted octanol–water partition coefficient (Wildman–Crippen LogP) is 2.23. The number of urea groups is 1. The number of hydrogen-bond acceptors (Lipinski definition) is 12. The van der Waals surface area contributed by atoms with Gasteiger partial charge in [0.1, 0.15) is 17.1 Å². The fourth-order valence-corrected chi connectivity index (χ4v) is 9.41. The van der Waals surface area contributed by atoms with Gasteiger partial charge >= 0.3 is 23.8 Å². The average Bonchev–Trinajstić information content (AvgIpc) is 3.51. The van der Waals surface area contributed by atoms with E-state index in [4.69, 9.17) is 11.6 Å². The minimum atomic E-state index is -2.15. The number of likely N-dealkylation sites (N-methyl/N-ethyl adjacent to an activating group) is 1. The van der Waals surface area contributed by atoms with Crippen molar-refractivity contribution in [1.29, 1.82) is 0 Å². The largest absolute Gasteiger partial charge is 0.477 e. The number of amides is 6. The summed E-state index contributed by atoms with van der Waals surface area (Å²) in [5, 5.41) is 24.9. The van der Waals surface area contributed by atoms with Gasteiger partial charge in [-0.1, -0.05) is 53.7 Å². The van der Waals surface area contributed by atoms with Crippen LogP contribution in [-0.4, -0.2) is 108 Å². The Balaban J connectivity index is 1.21. The zero-order chi connectivity index (χ0) is 35.0. The number of hydroxylamine groups is 1. The van der Waals surface area contributed by atoms with Crippen LogP contribution in [-0.2, 0) is 24.0 Å². The van der Waals surface area contributed by atoms with Crippen LogP contribution in [0.4, 0.5) is 4.79 Å². The topological polar surface area (TPSA) is 202 Å². The molecule has 3 aliphatic rings. The summed E-state index contributed by atoms with van der Waals surface area (Å²) in [6.45, 7) is 2.01. The first-order valence-electron chi connectivity index (χ1n) is 14.8. The molecule has 256 valence electrons. The summed E-state index contributed by atoms with van der Waals surface area (Å²) >= 11 is 9.93. The fraction of sp³-hybridized carbons (Fsp3) is 0.300. The molecule has 49 heavy (non-hydrogen) atoms. The molecule has 2 fully saturated rings. The van der Waals surface area contributed by atoms with Crippen molar-refractivity contribution in [1.82, 2.24) is 35.8 Å². The molecular weight excluding hydrogens is 718 g/mol. The number of aliphatic carboxylic acids is 1. The molecule has 2 saturated heterocycles. The number of halogens is 1. The number of carbonyl (C=O) groups is 6. The van der Waals surface area contributed by atoms with E-state index in [-0.39, 0.29) is 42.4 Å². The molecule has 5 N–H and O–H groups in total. The van der Waals surface area contributed by atoms with Gasteiger partial charge in [-0.25, -0.2) is 14.6 Å². The van der Waals surface area contributed by atoms with E-state index < -0.39 is 52.7 Å². The van der Waals surface area contributed by atoms with E-state index in [2.05, 4.69) is 15.6 Å². The molecular formula is C30H28ClN7O8S3. The summed E-state index contributed by atoms with van der Waals surface area (Å²) in [6.07, 6.45) is 0. The Bertz CT molecular complexity index is 1910. The van der Waals surface area contributed by atoms with E-state index in [1.807, 2.05) is 11.5 Å². The number of thioether (sulfide) groups is 2. The average molecular weight is 746 g/mol. The third kappa shape index (κ3) is 6.35. The molecule has 3 aromatic rings. The first-order valence-corrected chi connectivity index (χ1v) is 18.0. The van der Waals surface area contributed by atoms with Gasteiger partial charge in [-0.05, 0) is 36.3 Å². The van der Waals surface area contributed by atoms with E-state index >= 15 is 0 Å². The number of aromatic nitrogens is 1. The molecule has 3 atom stereocenters. The van der Waals surface area contributed by atoms with E-state index in [9.17, 15) is 39.1 Å². The van der Waals surface area contributed by atoms with E-state index in [1.165, 1.54) is 40.1 Å². The van der Waals surface area contributed by atoms with Gasteiger partial charge in [-0.2, -0.15) is 5.48 Å². The minimum absolute atomic E-state index is 0.0973. The Labute approximate surface area is 296 Å². The third-order valence-corrected chi connectivity index (χ3v) is 12.0. The van der Waals surface area contributed by atoms with Gasteiger partial charge in [0.2, 0.25) is 11.6 Å². The molecule has 3 aliphatic heterocycles. The lowest BCUT2D eigenvalue weighted by Crippen LogP contribution is -2.85. The van der Waals surface area contributed by atoms with Crippen molar-refractivity contribution in [2.24, 2.45) is 0 Å². The van der Waals surface area contributed by atoms with Crippen LogP contribution in [0.2, 0.25) is 5.02 Å². The standard InChI is InChI=1S/C30H28ClN7O8S3/c1-2-36-10-11-37(24(41)23(36)40)28(45)33-20(15-6-4-3-5-7-15)22(39)34-30(35-46)26(44)38-21(25(42)43)16(13-47-27(30)38)14-48-29-32-18-12-17(31)8-9-19(18)49-29/h3-9,12,20,27,35,46H,2,10-11,13-14H2,1H3,(H,33,45)(H,34,39)(H,42,43)/t20?,27-,30-/m0/s1.